The molecule has 5 nitrogen and oxygen atoms in total. The fourth-order valence-electron chi connectivity index (χ4n) is 7.56. The Balaban J connectivity index is 1.21. The van der Waals surface area contributed by atoms with Gasteiger partial charge in [-0.1, -0.05) is 97.1 Å². The van der Waals surface area contributed by atoms with E-state index >= 15 is 0 Å². The fraction of sp³-hybridized carbons (Fsp3) is 0.0833. The van der Waals surface area contributed by atoms with Crippen molar-refractivity contribution in [3.63, 3.8) is 0 Å². The van der Waals surface area contributed by atoms with E-state index in [2.05, 4.69) is 164 Å². The summed E-state index contributed by atoms with van der Waals surface area (Å²) >= 11 is 0. The molecule has 0 bridgehead atoms. The molecule has 0 fully saturated rings. The molecule has 0 aliphatic heterocycles. The van der Waals surface area contributed by atoms with Gasteiger partial charge in [-0.2, -0.15) is 5.10 Å². The summed E-state index contributed by atoms with van der Waals surface area (Å²) in [6.45, 7) is 8.70. The van der Waals surface area contributed by atoms with Gasteiger partial charge in [0.05, 0.1) is 22.4 Å². The first kappa shape index (κ1) is 32.2. The molecule has 9 rings (SSSR count). The minimum absolute atomic E-state index is 0.721. The lowest BCUT2D eigenvalue weighted by Crippen LogP contribution is -2.01. The molecule has 9 aromatic rings. The Morgan fingerprint density at radius 3 is 2.02 bits per heavy atom. The van der Waals surface area contributed by atoms with Gasteiger partial charge in [0.15, 0.2) is 0 Å². The van der Waals surface area contributed by atoms with Crippen LogP contribution in [0.1, 0.15) is 22.3 Å². The molecule has 0 amide bonds. The van der Waals surface area contributed by atoms with Crippen LogP contribution in [0.25, 0.3) is 67.0 Å². The van der Waals surface area contributed by atoms with Crippen molar-refractivity contribution in [1.29, 1.82) is 0 Å². The smallest absolute Gasteiger partial charge is 0.137 e. The molecule has 53 heavy (non-hydrogen) atoms. The van der Waals surface area contributed by atoms with Crippen molar-refractivity contribution in [2.45, 2.75) is 27.7 Å². The Morgan fingerprint density at radius 1 is 0.528 bits per heavy atom. The SMILES string of the molecule is Cc1ccnc(-n2c3ccccc3c3ccc(Oc4cccc(-n5nc(-c6ccccc6)c(-c6c(C)ccc(C)c6C)c5-c5ccccc5)c4)cc32)c1. The van der Waals surface area contributed by atoms with E-state index in [-0.39, 0.29) is 0 Å². The highest BCUT2D eigenvalue weighted by Gasteiger charge is 2.26. The quantitative estimate of drug-likeness (QED) is 0.168. The summed E-state index contributed by atoms with van der Waals surface area (Å²) < 4.78 is 11.0. The van der Waals surface area contributed by atoms with Gasteiger partial charge in [-0.25, -0.2) is 9.67 Å². The zero-order valence-electron chi connectivity index (χ0n) is 30.2. The first-order chi connectivity index (χ1) is 25.9. The van der Waals surface area contributed by atoms with E-state index < -0.39 is 0 Å². The molecule has 0 saturated carbocycles. The number of pyridine rings is 1. The highest BCUT2D eigenvalue weighted by molar-refractivity contribution is 6.09. The fourth-order valence-corrected chi connectivity index (χ4v) is 7.56. The van der Waals surface area contributed by atoms with Crippen LogP contribution in [0.3, 0.4) is 0 Å². The third-order valence-electron chi connectivity index (χ3n) is 10.2. The van der Waals surface area contributed by atoms with Crippen molar-refractivity contribution >= 4 is 21.8 Å². The van der Waals surface area contributed by atoms with Crippen LogP contribution in [0.4, 0.5) is 0 Å². The molecular weight excluding hydrogens is 649 g/mol. The average Bonchev–Trinajstić information content (AvgIpc) is 3.74. The molecule has 0 atom stereocenters. The van der Waals surface area contributed by atoms with Crippen LogP contribution in [0.5, 0.6) is 11.5 Å². The second kappa shape index (κ2) is 13.1. The van der Waals surface area contributed by atoms with E-state index in [4.69, 9.17) is 14.8 Å². The number of aryl methyl sites for hydroxylation is 3. The summed E-state index contributed by atoms with van der Waals surface area (Å²) in [5.74, 6) is 2.34. The minimum atomic E-state index is 0.721. The Morgan fingerprint density at radius 2 is 1.23 bits per heavy atom. The van der Waals surface area contributed by atoms with Crippen LogP contribution in [0.15, 0.2) is 158 Å². The zero-order chi connectivity index (χ0) is 36.1. The van der Waals surface area contributed by atoms with Crippen LogP contribution in [-0.2, 0) is 0 Å². The summed E-state index contributed by atoms with van der Waals surface area (Å²) in [4.78, 5) is 4.76. The normalized spacial score (nSPS) is 11.4. The van der Waals surface area contributed by atoms with Crippen molar-refractivity contribution < 1.29 is 4.74 Å². The van der Waals surface area contributed by atoms with Gasteiger partial charge >= 0.3 is 0 Å². The lowest BCUT2D eigenvalue weighted by Gasteiger charge is -2.16. The lowest BCUT2D eigenvalue weighted by molar-refractivity contribution is 0.483. The molecule has 0 spiro atoms. The van der Waals surface area contributed by atoms with Gasteiger partial charge < -0.3 is 4.74 Å². The number of hydrogen-bond donors (Lipinski definition) is 0. The van der Waals surface area contributed by atoms with Gasteiger partial charge in [0, 0.05) is 45.8 Å². The Kier molecular flexibility index (Phi) is 7.97. The maximum Gasteiger partial charge on any atom is 0.137 e. The first-order valence-corrected chi connectivity index (χ1v) is 18.0. The highest BCUT2D eigenvalue weighted by atomic mass is 16.5. The Labute approximate surface area is 309 Å². The van der Waals surface area contributed by atoms with Crippen molar-refractivity contribution in [3.05, 3.63) is 180 Å². The number of nitrogens with zero attached hydrogens (tertiary/aromatic N) is 4. The lowest BCUT2D eigenvalue weighted by atomic mass is 9.88. The number of rotatable bonds is 7. The Bertz CT molecular complexity index is 2790. The van der Waals surface area contributed by atoms with E-state index in [9.17, 15) is 0 Å². The van der Waals surface area contributed by atoms with Crippen LogP contribution >= 0.6 is 0 Å². The van der Waals surface area contributed by atoms with Crippen molar-refractivity contribution in [1.82, 2.24) is 19.3 Å². The number of ether oxygens (including phenoxy) is 1. The molecule has 0 aliphatic carbocycles. The average molecular weight is 687 g/mol. The monoisotopic (exact) mass is 686 g/mol. The molecule has 0 radical (unpaired) electrons. The van der Waals surface area contributed by atoms with E-state index in [1.54, 1.807) is 0 Å². The largest absolute Gasteiger partial charge is 0.457 e. The molecule has 0 unspecified atom stereocenters. The predicted octanol–water partition coefficient (Wildman–Crippen LogP) is 12.4. The number of para-hydroxylation sites is 1. The molecule has 0 N–H and O–H groups in total. The standard InChI is InChI=1S/C48H38N4O/c1-31-26-27-49-44(28-31)51-42-21-12-11-20-40(42)41-25-24-39(30-43(41)51)53-38-19-13-18-37(29-38)52-48(36-16-9-6-10-17-36)46(45-33(3)23-22-32(2)34(45)4)47(50-52)35-14-7-5-8-15-35/h5-30H,1-4H3. The van der Waals surface area contributed by atoms with Crippen LogP contribution < -0.4 is 4.74 Å². The third-order valence-corrected chi connectivity index (χ3v) is 10.2. The van der Waals surface area contributed by atoms with E-state index in [1.807, 2.05) is 30.5 Å². The van der Waals surface area contributed by atoms with E-state index in [0.29, 0.717) is 0 Å². The van der Waals surface area contributed by atoms with Gasteiger partial charge in [-0.05, 0) is 98.0 Å². The van der Waals surface area contributed by atoms with Crippen LogP contribution in [-0.4, -0.2) is 19.3 Å². The summed E-state index contributed by atoms with van der Waals surface area (Å²) in [5, 5.41) is 7.76. The predicted molar refractivity (Wildman–Crippen MR) is 217 cm³/mol. The molecule has 3 aromatic heterocycles. The van der Waals surface area contributed by atoms with Gasteiger partial charge in [-0.3, -0.25) is 4.57 Å². The van der Waals surface area contributed by atoms with Gasteiger partial charge in [0.25, 0.3) is 0 Å². The van der Waals surface area contributed by atoms with Crippen molar-refractivity contribution in [2.75, 3.05) is 0 Å². The molecule has 3 heterocycles. The van der Waals surface area contributed by atoms with E-state index in [1.165, 1.54) is 27.6 Å². The molecule has 6 aromatic carbocycles. The minimum Gasteiger partial charge on any atom is -0.457 e. The third kappa shape index (κ3) is 5.67. The molecular formula is C48H38N4O. The van der Waals surface area contributed by atoms with Crippen molar-refractivity contribution in [3.8, 4) is 56.6 Å². The zero-order valence-corrected chi connectivity index (χ0v) is 30.2. The molecule has 0 aliphatic rings. The van der Waals surface area contributed by atoms with Gasteiger partial charge in [0.1, 0.15) is 23.0 Å². The molecule has 5 heteroatoms. The topological polar surface area (TPSA) is 44.9 Å². The summed E-state index contributed by atoms with van der Waals surface area (Å²) in [5.41, 5.74) is 14.4. The highest BCUT2D eigenvalue weighted by Crippen LogP contribution is 2.45. The maximum atomic E-state index is 6.69. The maximum absolute atomic E-state index is 6.69. The number of hydrogen-bond acceptors (Lipinski definition) is 3. The number of benzene rings is 6. The molecule has 0 saturated heterocycles. The van der Waals surface area contributed by atoms with Crippen LogP contribution in [0.2, 0.25) is 0 Å². The summed E-state index contributed by atoms with van der Waals surface area (Å²) in [6.07, 6.45) is 1.87. The number of aromatic nitrogens is 4. The summed E-state index contributed by atoms with van der Waals surface area (Å²) in [6, 6.07) is 52.7. The second-order valence-electron chi connectivity index (χ2n) is 13.7. The number of fused-ring (bicyclic) bond motifs is 3. The first-order valence-electron chi connectivity index (χ1n) is 18.0. The van der Waals surface area contributed by atoms with Crippen LogP contribution in [0, 0.1) is 27.7 Å². The Hall–Kier alpha value is -6.72. The van der Waals surface area contributed by atoms with E-state index in [0.717, 1.165) is 73.1 Å². The van der Waals surface area contributed by atoms with Gasteiger partial charge in [-0.15, -0.1) is 0 Å². The van der Waals surface area contributed by atoms with Crippen molar-refractivity contribution in [2.24, 2.45) is 0 Å². The van der Waals surface area contributed by atoms with Gasteiger partial charge in [0.2, 0.25) is 0 Å². The second-order valence-corrected chi connectivity index (χ2v) is 13.7. The summed E-state index contributed by atoms with van der Waals surface area (Å²) in [7, 11) is 0. The molecule has 256 valence electrons.